The number of carbonyl (C=O) groups excluding carboxylic acids is 6. The summed E-state index contributed by atoms with van der Waals surface area (Å²) < 4.78 is 22.7. The highest BCUT2D eigenvalue weighted by atomic mass is 16.5. The summed E-state index contributed by atoms with van der Waals surface area (Å²) >= 11 is 0. The van der Waals surface area contributed by atoms with E-state index in [0.717, 1.165) is 5.56 Å². The first-order chi connectivity index (χ1) is 29.1. The minimum absolute atomic E-state index is 0. The van der Waals surface area contributed by atoms with E-state index in [1.165, 1.54) is 6.92 Å². The fraction of sp³-hybridized carbons (Fsp3) is 0.682. The molecule has 3 fully saturated rings. The molecule has 0 aromatic heterocycles. The second-order valence-corrected chi connectivity index (χ2v) is 17.0. The van der Waals surface area contributed by atoms with Gasteiger partial charge in [-0.25, -0.2) is 4.79 Å². The number of piperazine rings is 1. The van der Waals surface area contributed by atoms with Crippen molar-refractivity contribution in [3.05, 3.63) is 37.3 Å². The molecule has 62 heavy (non-hydrogen) atoms. The Labute approximate surface area is 365 Å². The van der Waals surface area contributed by atoms with Gasteiger partial charge in [-0.15, -0.1) is 0 Å². The molecule has 4 rings (SSSR count). The number of aliphatic carboxylic acids is 1. The highest BCUT2D eigenvalue weighted by molar-refractivity contribution is 5.97. The lowest BCUT2D eigenvalue weighted by Crippen LogP contribution is -2.59. The molecule has 0 aliphatic carbocycles. The lowest BCUT2D eigenvalue weighted by Gasteiger charge is -2.43. The van der Waals surface area contributed by atoms with Crippen molar-refractivity contribution in [3.8, 4) is 0 Å². The van der Waals surface area contributed by atoms with Crippen molar-refractivity contribution in [2.45, 2.75) is 90.5 Å². The topological polar surface area (TPSA) is 242 Å². The average Bonchev–Trinajstić information content (AvgIpc) is 3.83. The number of ether oxygens (including phenoxy) is 4. The number of urea groups is 1. The lowest BCUT2D eigenvalue weighted by molar-refractivity contribution is -0.926. The Hall–Kier alpha value is -4.49. The Morgan fingerprint density at radius 3 is 2.03 bits per heavy atom. The van der Waals surface area contributed by atoms with E-state index in [0.29, 0.717) is 95.0 Å². The third-order valence-electron chi connectivity index (χ3n) is 11.8. The number of carbonyl (C=O) groups is 7. The Morgan fingerprint density at radius 1 is 0.887 bits per heavy atom. The summed E-state index contributed by atoms with van der Waals surface area (Å²) in [6.45, 7) is 10.3. The summed E-state index contributed by atoms with van der Waals surface area (Å²) in [5.41, 5.74) is 6.81. The van der Waals surface area contributed by atoms with Gasteiger partial charge in [0.25, 0.3) is 0 Å². The number of nitrogens with zero attached hydrogens (tertiary/aromatic N) is 2. The Bertz CT molecular complexity index is 1650. The van der Waals surface area contributed by atoms with Gasteiger partial charge in [-0.05, 0) is 50.7 Å². The highest BCUT2D eigenvalue weighted by Gasteiger charge is 2.56. The van der Waals surface area contributed by atoms with Crippen molar-refractivity contribution in [3.63, 3.8) is 0 Å². The molecule has 3 aliphatic heterocycles. The zero-order valence-electron chi connectivity index (χ0n) is 37.2. The van der Waals surface area contributed by atoms with Gasteiger partial charge < -0.3 is 62.5 Å². The van der Waals surface area contributed by atoms with Gasteiger partial charge in [-0.1, -0.05) is 26.0 Å². The Kier molecular flexibility index (Phi) is 21.4. The smallest absolute Gasteiger partial charge is 0.312 e. The molecule has 4 unspecified atom stereocenters. The van der Waals surface area contributed by atoms with Gasteiger partial charge in [0.1, 0.15) is 12.3 Å². The van der Waals surface area contributed by atoms with E-state index in [1.807, 2.05) is 38.1 Å². The molecule has 18 heteroatoms. The summed E-state index contributed by atoms with van der Waals surface area (Å²) in [5.74, 6) is -4.44. The van der Waals surface area contributed by atoms with Gasteiger partial charge in [-0.2, -0.15) is 0 Å². The molecule has 0 saturated carbocycles. The molecule has 3 aliphatic rings. The summed E-state index contributed by atoms with van der Waals surface area (Å²) in [4.78, 5) is 89.6. The molecule has 3 saturated heterocycles. The molecule has 18 nitrogen and oxygen atoms in total. The van der Waals surface area contributed by atoms with Gasteiger partial charge in [0.05, 0.1) is 103 Å². The molecule has 0 spiro atoms. The lowest BCUT2D eigenvalue weighted by atomic mass is 9.78. The van der Waals surface area contributed by atoms with Gasteiger partial charge in [-0.3, -0.25) is 28.8 Å². The molecular weight excluding hydrogens is 805 g/mol. The van der Waals surface area contributed by atoms with Crippen molar-refractivity contribution >= 4 is 47.0 Å². The summed E-state index contributed by atoms with van der Waals surface area (Å²) in [5, 5.41) is 18.1. The molecule has 6 N–H and O–H groups in total. The molecule has 348 valence electrons. The summed E-state index contributed by atoms with van der Waals surface area (Å²) in [6, 6.07) is 5.99. The number of carboxylic acids is 1. The second kappa shape index (κ2) is 25.6. The van der Waals surface area contributed by atoms with Crippen LogP contribution in [0.2, 0.25) is 0 Å². The molecular formula is C44H70N6O12. The van der Waals surface area contributed by atoms with Crippen LogP contribution in [0.5, 0.6) is 0 Å². The fourth-order valence-corrected chi connectivity index (χ4v) is 8.26. The number of benzene rings is 1. The zero-order valence-corrected chi connectivity index (χ0v) is 37.2. The number of quaternary nitrogens is 1. The van der Waals surface area contributed by atoms with E-state index in [9.17, 15) is 38.7 Å². The maximum atomic E-state index is 13.7. The normalized spacial score (nSPS) is 21.1. The van der Waals surface area contributed by atoms with Crippen LogP contribution in [0.25, 0.3) is 0 Å². The quantitative estimate of drug-likeness (QED) is 0.0486. The summed E-state index contributed by atoms with van der Waals surface area (Å²) in [6.07, 6.45) is 1.65. The first-order valence-electron chi connectivity index (χ1n) is 21.6. The Balaban J connectivity index is 0.0000102. The number of Topliss-reactive ketones (excluding diaryl/α,β-unsaturated/α-hetero) is 2. The first-order valence-corrected chi connectivity index (χ1v) is 21.6. The van der Waals surface area contributed by atoms with Crippen molar-refractivity contribution in [2.24, 2.45) is 29.4 Å². The van der Waals surface area contributed by atoms with Gasteiger partial charge in [0.2, 0.25) is 17.7 Å². The first kappa shape index (κ1) is 51.9. The third kappa shape index (κ3) is 16.3. The second-order valence-electron chi connectivity index (χ2n) is 17.0. The minimum atomic E-state index is -0.967. The van der Waals surface area contributed by atoms with Crippen molar-refractivity contribution in [2.75, 3.05) is 84.7 Å². The van der Waals surface area contributed by atoms with Crippen LogP contribution in [0.15, 0.2) is 24.3 Å². The van der Waals surface area contributed by atoms with Crippen LogP contribution >= 0.6 is 0 Å². The summed E-state index contributed by atoms with van der Waals surface area (Å²) in [7, 11) is 2.13. The van der Waals surface area contributed by atoms with E-state index in [4.69, 9.17) is 24.7 Å². The van der Waals surface area contributed by atoms with Gasteiger partial charge in [0, 0.05) is 43.0 Å². The number of carboxylic acid groups (broad SMARTS) is 1. The van der Waals surface area contributed by atoms with Crippen LogP contribution < -0.4 is 21.7 Å². The molecule has 6 atom stereocenters. The number of fused-ring (bicyclic) bond motifs is 2. The van der Waals surface area contributed by atoms with E-state index in [2.05, 4.69) is 23.0 Å². The van der Waals surface area contributed by atoms with Crippen LogP contribution in [0.3, 0.4) is 0 Å². The van der Waals surface area contributed by atoms with Crippen molar-refractivity contribution in [1.82, 2.24) is 15.5 Å². The molecule has 5 amide bonds. The zero-order chi connectivity index (χ0) is 44.5. The predicted molar refractivity (Wildman–Crippen MR) is 229 cm³/mol. The van der Waals surface area contributed by atoms with E-state index >= 15 is 0 Å². The van der Waals surface area contributed by atoms with Gasteiger partial charge >= 0.3 is 12.0 Å². The van der Waals surface area contributed by atoms with Crippen LogP contribution in [0.4, 0.5) is 10.5 Å². The number of anilines is 1. The molecule has 3 heterocycles. The third-order valence-corrected chi connectivity index (χ3v) is 11.8. The van der Waals surface area contributed by atoms with E-state index in [1.54, 1.807) is 4.90 Å². The standard InChI is InChI=1S/C43H66N6O12.CH3/c1-28(2)39(47-36(52)14-21-59-23-25-60-24-22-58-20-13-29(3)50)33(51)26-31(6-5-15-45-43(44)57)40(53)46-32-9-7-30(8-10-32)27-49(4)18-16-48(17-19-49)41(54)37-34-11-12-35(61-34)38(37)42(55)56;/h7-10,28,31,34-35,37-39H,5-6,11-27H2,1-4H3,(H5-,44,45,46,47,52,53,55,56,57);1H3/q;-1/p+1/t31-,34?,35?,37?,38?,39+;/m1./s1. The van der Waals surface area contributed by atoms with E-state index < -0.39 is 35.8 Å². The van der Waals surface area contributed by atoms with Crippen LogP contribution in [0, 0.1) is 31.1 Å². The molecule has 0 radical (unpaired) electrons. The maximum absolute atomic E-state index is 13.7. The number of amides is 5. The number of hydrogen-bond acceptors (Lipinski definition) is 11. The van der Waals surface area contributed by atoms with Gasteiger partial charge in [0.15, 0.2) is 5.78 Å². The van der Waals surface area contributed by atoms with E-state index in [-0.39, 0.29) is 93.9 Å². The molecule has 1 aromatic rings. The Morgan fingerprint density at radius 2 is 1.47 bits per heavy atom. The number of likely N-dealkylation sites (N-methyl/N-ethyl adjacent to an activating group) is 1. The number of nitrogens with one attached hydrogen (secondary N) is 3. The SMILES string of the molecule is CC(=O)CCOCCOCCOCCC(=O)N[C@H](C(=O)C[C@@H](CCCNC(N)=O)C(=O)Nc1ccc(C[N+]2(C)CCN(C(=O)C3C4CCC(O4)C3C(=O)O)CC2)cc1)C(C)C.[CH3-]. The number of rotatable bonds is 27. The minimum Gasteiger partial charge on any atom is -0.481 e. The molecule has 1 aromatic carbocycles. The predicted octanol–water partition coefficient (Wildman–Crippen LogP) is 2.33. The van der Waals surface area contributed by atoms with Crippen molar-refractivity contribution in [1.29, 1.82) is 0 Å². The van der Waals surface area contributed by atoms with Crippen LogP contribution in [-0.4, -0.2) is 153 Å². The van der Waals surface area contributed by atoms with Crippen LogP contribution in [-0.2, 0) is 54.3 Å². The monoisotopic (exact) mass is 875 g/mol. The fourth-order valence-electron chi connectivity index (χ4n) is 8.26. The molecule has 2 bridgehead atoms. The highest BCUT2D eigenvalue weighted by Crippen LogP contribution is 2.44. The van der Waals surface area contributed by atoms with Crippen LogP contribution in [0.1, 0.15) is 71.3 Å². The number of ketones is 2. The maximum Gasteiger partial charge on any atom is 0.312 e. The number of nitrogens with two attached hydrogens (primary N) is 1. The van der Waals surface area contributed by atoms with Crippen molar-refractivity contribution < 1.29 is 62.1 Å². The number of primary amides is 1. The average molecular weight is 875 g/mol. The largest absolute Gasteiger partial charge is 0.481 e. The number of hydrogen-bond donors (Lipinski definition) is 5.